The SMILES string of the molecule is CCCCCCCCCCCCCCCCCCCCCC[N+](C)(C)CCCCCCCC.[Br-]. The molecule has 0 unspecified atom stereocenters. The minimum Gasteiger partial charge on any atom is -1.00 e. The van der Waals surface area contributed by atoms with E-state index in [2.05, 4.69) is 27.9 Å². The summed E-state index contributed by atoms with van der Waals surface area (Å²) >= 11 is 0. The Morgan fingerprint density at radius 3 is 0.676 bits per heavy atom. The molecule has 0 N–H and O–H groups in total. The first kappa shape index (κ1) is 36.6. The van der Waals surface area contributed by atoms with Crippen molar-refractivity contribution in [3.05, 3.63) is 0 Å². The van der Waals surface area contributed by atoms with Crippen LogP contribution in [0.3, 0.4) is 0 Å². The molecule has 208 valence electrons. The quantitative estimate of drug-likeness (QED) is 0.0685. The summed E-state index contributed by atoms with van der Waals surface area (Å²) in [5.74, 6) is 0. The lowest BCUT2D eigenvalue weighted by Gasteiger charge is -2.30. The number of hydrogen-bond donors (Lipinski definition) is 0. The van der Waals surface area contributed by atoms with Gasteiger partial charge in [0, 0.05) is 0 Å². The van der Waals surface area contributed by atoms with E-state index >= 15 is 0 Å². The van der Waals surface area contributed by atoms with Gasteiger partial charge in [0.05, 0.1) is 27.2 Å². The van der Waals surface area contributed by atoms with Gasteiger partial charge in [-0.25, -0.2) is 0 Å². The number of quaternary nitrogens is 1. The zero-order chi connectivity index (χ0) is 24.3. The van der Waals surface area contributed by atoms with Gasteiger partial charge in [-0.1, -0.05) is 155 Å². The van der Waals surface area contributed by atoms with Crippen LogP contribution in [0.5, 0.6) is 0 Å². The van der Waals surface area contributed by atoms with E-state index in [1.54, 1.807) is 0 Å². The molecule has 0 heterocycles. The zero-order valence-electron chi connectivity index (χ0n) is 24.6. The molecule has 0 spiro atoms. The van der Waals surface area contributed by atoms with E-state index in [1.807, 2.05) is 0 Å². The van der Waals surface area contributed by atoms with Gasteiger partial charge in [-0.15, -0.1) is 0 Å². The molecule has 0 aliphatic rings. The maximum absolute atomic E-state index is 2.45. The van der Waals surface area contributed by atoms with E-state index in [-0.39, 0.29) is 17.0 Å². The Balaban J connectivity index is 0. The van der Waals surface area contributed by atoms with Gasteiger partial charge in [-0.3, -0.25) is 0 Å². The molecule has 0 atom stereocenters. The maximum Gasteiger partial charge on any atom is 0.0782 e. The highest BCUT2D eigenvalue weighted by Gasteiger charge is 2.13. The first-order chi connectivity index (χ1) is 16.1. The summed E-state index contributed by atoms with van der Waals surface area (Å²) in [6.45, 7) is 7.38. The lowest BCUT2D eigenvalue weighted by Crippen LogP contribution is -3.00. The van der Waals surface area contributed by atoms with Gasteiger partial charge in [-0.05, 0) is 25.7 Å². The Morgan fingerprint density at radius 1 is 0.294 bits per heavy atom. The van der Waals surface area contributed by atoms with Crippen LogP contribution in [-0.2, 0) is 0 Å². The van der Waals surface area contributed by atoms with Crippen molar-refractivity contribution < 1.29 is 21.5 Å². The largest absolute Gasteiger partial charge is 1.00 e. The normalized spacial score (nSPS) is 11.6. The highest BCUT2D eigenvalue weighted by Crippen LogP contribution is 2.15. The third-order valence-electron chi connectivity index (χ3n) is 7.73. The molecule has 0 aliphatic carbocycles. The number of unbranched alkanes of at least 4 members (excludes halogenated alkanes) is 24. The molecule has 0 aliphatic heterocycles. The van der Waals surface area contributed by atoms with Crippen LogP contribution in [0.15, 0.2) is 0 Å². The second-order valence-corrected chi connectivity index (χ2v) is 11.9. The molecular weight excluding hydrogens is 478 g/mol. The molecule has 0 saturated carbocycles. The van der Waals surface area contributed by atoms with Crippen molar-refractivity contribution in [1.29, 1.82) is 0 Å². The molecule has 0 aromatic heterocycles. The van der Waals surface area contributed by atoms with Crippen molar-refractivity contribution in [1.82, 2.24) is 0 Å². The first-order valence-corrected chi connectivity index (χ1v) is 15.9. The van der Waals surface area contributed by atoms with E-state index in [4.69, 9.17) is 0 Å². The Bertz CT molecular complexity index is 355. The van der Waals surface area contributed by atoms with E-state index in [0.717, 1.165) is 0 Å². The van der Waals surface area contributed by atoms with Crippen LogP contribution < -0.4 is 17.0 Å². The lowest BCUT2D eigenvalue weighted by molar-refractivity contribution is -0.890. The summed E-state index contributed by atoms with van der Waals surface area (Å²) in [6, 6.07) is 0. The molecule has 0 bridgehead atoms. The average Bonchev–Trinajstić information content (AvgIpc) is 2.80. The van der Waals surface area contributed by atoms with E-state index in [9.17, 15) is 0 Å². The molecule has 0 saturated heterocycles. The van der Waals surface area contributed by atoms with Gasteiger partial charge in [0.2, 0.25) is 0 Å². The Morgan fingerprint density at radius 2 is 0.471 bits per heavy atom. The average molecular weight is 547 g/mol. The molecule has 0 amide bonds. The first-order valence-electron chi connectivity index (χ1n) is 15.9. The van der Waals surface area contributed by atoms with Crippen molar-refractivity contribution in [2.45, 2.75) is 181 Å². The highest BCUT2D eigenvalue weighted by atomic mass is 79.9. The summed E-state index contributed by atoms with van der Waals surface area (Å²) in [5, 5.41) is 0. The predicted octanol–water partition coefficient (Wildman–Crippen LogP) is 8.25. The molecular formula is C32H68BrN. The standard InChI is InChI=1S/C32H68N.BrH/c1-5-7-9-11-13-14-15-16-17-18-19-20-21-22-23-24-25-26-28-30-32-33(3,4)31-29-27-12-10-8-6-2;/h5-32H2,1-4H3;1H/q+1;/p-1. The van der Waals surface area contributed by atoms with Crippen molar-refractivity contribution in [2.75, 3.05) is 27.2 Å². The number of hydrogen-bond acceptors (Lipinski definition) is 0. The van der Waals surface area contributed by atoms with Crippen LogP contribution in [0.4, 0.5) is 0 Å². The minimum atomic E-state index is 0. The molecule has 34 heavy (non-hydrogen) atoms. The van der Waals surface area contributed by atoms with E-state index < -0.39 is 0 Å². The maximum atomic E-state index is 2.45. The molecule has 0 fully saturated rings. The van der Waals surface area contributed by atoms with Crippen LogP contribution in [0.25, 0.3) is 0 Å². The second-order valence-electron chi connectivity index (χ2n) is 11.9. The third-order valence-corrected chi connectivity index (χ3v) is 7.73. The molecule has 0 aromatic rings. The van der Waals surface area contributed by atoms with Crippen LogP contribution in [-0.4, -0.2) is 31.7 Å². The monoisotopic (exact) mass is 545 g/mol. The third kappa shape index (κ3) is 30.5. The van der Waals surface area contributed by atoms with Gasteiger partial charge in [0.15, 0.2) is 0 Å². The van der Waals surface area contributed by atoms with Gasteiger partial charge in [0.1, 0.15) is 0 Å². The smallest absolute Gasteiger partial charge is 0.0782 e. The Labute approximate surface area is 229 Å². The van der Waals surface area contributed by atoms with Crippen molar-refractivity contribution in [3.8, 4) is 0 Å². The Kier molecular flexibility index (Phi) is 31.9. The zero-order valence-corrected chi connectivity index (χ0v) is 26.2. The van der Waals surface area contributed by atoms with Gasteiger partial charge in [-0.2, -0.15) is 0 Å². The van der Waals surface area contributed by atoms with Gasteiger partial charge >= 0.3 is 0 Å². The summed E-state index contributed by atoms with van der Waals surface area (Å²) < 4.78 is 1.24. The van der Waals surface area contributed by atoms with Crippen LogP contribution in [0.1, 0.15) is 181 Å². The van der Waals surface area contributed by atoms with Crippen molar-refractivity contribution in [3.63, 3.8) is 0 Å². The fourth-order valence-electron chi connectivity index (χ4n) is 5.23. The van der Waals surface area contributed by atoms with E-state index in [1.165, 1.54) is 185 Å². The van der Waals surface area contributed by atoms with Crippen LogP contribution >= 0.6 is 0 Å². The second kappa shape index (κ2) is 29.7. The van der Waals surface area contributed by atoms with Crippen LogP contribution in [0.2, 0.25) is 0 Å². The fourth-order valence-corrected chi connectivity index (χ4v) is 5.23. The van der Waals surface area contributed by atoms with Crippen LogP contribution in [0, 0.1) is 0 Å². The summed E-state index contributed by atoms with van der Waals surface area (Å²) in [6.07, 6.45) is 38.0. The summed E-state index contributed by atoms with van der Waals surface area (Å²) in [4.78, 5) is 0. The highest BCUT2D eigenvalue weighted by molar-refractivity contribution is 4.51. The van der Waals surface area contributed by atoms with Crippen molar-refractivity contribution in [2.24, 2.45) is 0 Å². The predicted molar refractivity (Wildman–Crippen MR) is 153 cm³/mol. The molecule has 2 heteroatoms. The Hall–Kier alpha value is 0.440. The topological polar surface area (TPSA) is 0 Å². The minimum absolute atomic E-state index is 0. The number of halogens is 1. The van der Waals surface area contributed by atoms with Crippen molar-refractivity contribution >= 4 is 0 Å². The number of nitrogens with zero attached hydrogens (tertiary/aromatic N) is 1. The lowest BCUT2D eigenvalue weighted by atomic mass is 10.0. The number of rotatable bonds is 28. The molecule has 0 radical (unpaired) electrons. The van der Waals surface area contributed by atoms with Gasteiger partial charge in [0.25, 0.3) is 0 Å². The summed E-state index contributed by atoms with van der Waals surface area (Å²) in [5.41, 5.74) is 0. The summed E-state index contributed by atoms with van der Waals surface area (Å²) in [7, 11) is 4.89. The fraction of sp³-hybridized carbons (Fsp3) is 1.00. The molecule has 0 aromatic carbocycles. The molecule has 1 nitrogen and oxygen atoms in total. The molecule has 0 rings (SSSR count). The van der Waals surface area contributed by atoms with Gasteiger partial charge < -0.3 is 21.5 Å². The van der Waals surface area contributed by atoms with E-state index in [0.29, 0.717) is 0 Å².